The Kier molecular flexibility index (Phi) is 10.2. The number of benzene rings is 2. The molecular formula is C30H35ClF3N5O4. The number of rotatable bonds is 4. The molecule has 0 radical (unpaired) electrons. The Morgan fingerprint density at radius 1 is 1.02 bits per heavy atom. The van der Waals surface area contributed by atoms with Crippen LogP contribution in [0.3, 0.4) is 0 Å². The number of alkyl halides is 3. The molecule has 43 heavy (non-hydrogen) atoms. The van der Waals surface area contributed by atoms with E-state index < -0.39 is 12.1 Å². The molecular weight excluding hydrogens is 587 g/mol. The molecule has 2 amide bonds. The zero-order chi connectivity index (χ0) is 31.3. The highest BCUT2D eigenvalue weighted by atomic mass is 35.5. The van der Waals surface area contributed by atoms with Crippen molar-refractivity contribution in [2.24, 2.45) is 5.92 Å². The summed E-state index contributed by atoms with van der Waals surface area (Å²) >= 11 is 6.00. The Morgan fingerprint density at radius 2 is 1.65 bits per heavy atom. The average Bonchev–Trinajstić information content (AvgIpc) is 3.23. The number of piperidine rings is 1. The fourth-order valence-corrected chi connectivity index (χ4v) is 5.85. The minimum absolute atomic E-state index is 0.0236. The number of halogens is 4. The van der Waals surface area contributed by atoms with Crippen molar-refractivity contribution < 1.29 is 37.2 Å². The van der Waals surface area contributed by atoms with Gasteiger partial charge in [-0.3, -0.25) is 24.0 Å². The zero-order valence-corrected chi connectivity index (χ0v) is 24.9. The number of fused-ring (bicyclic) bond motifs is 1. The van der Waals surface area contributed by atoms with E-state index in [2.05, 4.69) is 28.5 Å². The van der Waals surface area contributed by atoms with Crippen molar-refractivity contribution in [3.05, 3.63) is 64.7 Å². The van der Waals surface area contributed by atoms with E-state index in [1.54, 1.807) is 29.2 Å². The molecule has 0 unspecified atom stereocenters. The summed E-state index contributed by atoms with van der Waals surface area (Å²) in [5, 5.41) is 9.37. The van der Waals surface area contributed by atoms with Gasteiger partial charge in [-0.15, -0.1) is 0 Å². The molecule has 1 saturated heterocycles. The third kappa shape index (κ3) is 7.98. The maximum absolute atomic E-state index is 13.4. The van der Waals surface area contributed by atoms with E-state index in [4.69, 9.17) is 21.5 Å². The van der Waals surface area contributed by atoms with Crippen LogP contribution in [0.4, 0.5) is 18.9 Å². The molecule has 3 aliphatic rings. The van der Waals surface area contributed by atoms with Crippen molar-refractivity contribution in [3.8, 4) is 0 Å². The number of likely N-dealkylation sites (tertiary alicyclic amines) is 1. The van der Waals surface area contributed by atoms with Gasteiger partial charge in [-0.25, -0.2) is 0 Å². The van der Waals surface area contributed by atoms with Gasteiger partial charge in [-0.05, 0) is 61.1 Å². The Bertz CT molecular complexity index is 1360. The van der Waals surface area contributed by atoms with Crippen molar-refractivity contribution in [1.82, 2.24) is 14.7 Å². The van der Waals surface area contributed by atoms with Crippen LogP contribution in [0.15, 0.2) is 48.5 Å². The monoisotopic (exact) mass is 621 g/mol. The van der Waals surface area contributed by atoms with E-state index in [1.165, 1.54) is 5.96 Å². The summed E-state index contributed by atoms with van der Waals surface area (Å²) in [6.07, 6.45) is -1.95. The number of anilines is 1. The molecule has 3 aliphatic heterocycles. The molecule has 0 aliphatic carbocycles. The number of carboxylic acid groups (broad SMARTS) is 1. The summed E-state index contributed by atoms with van der Waals surface area (Å²) in [7, 11) is 4.35. The molecule has 0 N–H and O–H groups in total. The van der Waals surface area contributed by atoms with Crippen LogP contribution in [0.5, 0.6) is 0 Å². The van der Waals surface area contributed by atoms with Crippen molar-refractivity contribution in [2.45, 2.75) is 32.0 Å². The number of likely N-dealkylation sites (N-methyl/N-ethyl adjacent to an activating group) is 2. The summed E-state index contributed by atoms with van der Waals surface area (Å²) < 4.78 is 33.9. The number of carboxylic acids is 1. The van der Waals surface area contributed by atoms with Gasteiger partial charge in [0.05, 0.1) is 40.3 Å². The molecule has 2 aromatic rings. The summed E-state index contributed by atoms with van der Waals surface area (Å²) in [5.41, 5.74) is 2.47. The molecule has 2 aromatic carbocycles. The molecule has 9 nitrogen and oxygen atoms in total. The highest BCUT2D eigenvalue weighted by molar-refractivity contribution is 6.30. The Labute approximate surface area is 253 Å². The minimum atomic E-state index is -5.19. The number of amides is 2. The van der Waals surface area contributed by atoms with Gasteiger partial charge >= 0.3 is 12.1 Å². The summed E-state index contributed by atoms with van der Waals surface area (Å²) in [4.78, 5) is 43.9. The van der Waals surface area contributed by atoms with Crippen LogP contribution in [-0.4, -0.2) is 103 Å². The van der Waals surface area contributed by atoms with Crippen LogP contribution >= 0.6 is 11.6 Å². The Hall–Kier alpha value is -3.80. The van der Waals surface area contributed by atoms with E-state index in [0.717, 1.165) is 56.7 Å². The number of nitrogens with zero attached hydrogens (tertiary/aromatic N) is 5. The first-order valence-corrected chi connectivity index (χ1v) is 14.5. The number of carbonyl (C=O) groups excluding carboxylic acids is 3. The van der Waals surface area contributed by atoms with E-state index in [9.17, 15) is 22.8 Å². The largest absolute Gasteiger partial charge is 0.542 e. The molecule has 1 fully saturated rings. The fourth-order valence-electron chi connectivity index (χ4n) is 5.72. The highest BCUT2D eigenvalue weighted by Crippen LogP contribution is 2.29. The predicted molar refractivity (Wildman–Crippen MR) is 154 cm³/mol. The molecule has 0 bridgehead atoms. The van der Waals surface area contributed by atoms with E-state index in [0.29, 0.717) is 29.6 Å². The first-order chi connectivity index (χ1) is 20.3. The summed E-state index contributed by atoms with van der Waals surface area (Å²) in [6.45, 7) is 5.45. The lowest BCUT2D eigenvalue weighted by Crippen LogP contribution is -2.47. The number of aliphatic carboxylic acids is 1. The van der Waals surface area contributed by atoms with Gasteiger partial charge in [0.1, 0.15) is 12.5 Å². The zero-order valence-electron chi connectivity index (χ0n) is 24.1. The minimum Gasteiger partial charge on any atom is -0.542 e. The number of para-hydroxylation sites is 1. The Morgan fingerprint density at radius 3 is 2.23 bits per heavy atom. The lowest BCUT2D eigenvalue weighted by atomic mass is 9.93. The molecule has 13 heteroatoms. The first kappa shape index (κ1) is 32.1. The molecule has 0 spiro atoms. The topological polar surface area (TPSA) is 90.2 Å². The third-order valence-electron chi connectivity index (χ3n) is 7.99. The number of hydrogen-bond acceptors (Lipinski definition) is 6. The molecule has 0 aromatic heterocycles. The van der Waals surface area contributed by atoms with Gasteiger partial charge in [0, 0.05) is 29.4 Å². The van der Waals surface area contributed by atoms with Gasteiger partial charge in [0.15, 0.2) is 0 Å². The lowest BCUT2D eigenvalue weighted by Gasteiger charge is -2.32. The van der Waals surface area contributed by atoms with Gasteiger partial charge in [-0.2, -0.15) is 13.2 Å². The standard InChI is InChI=1S/C28H35ClN5O2.C2HF3O2/c1-30-17-18-31(2)28(30)32-14-11-21(12-15-32)13-16-34-25-6-4-3-5-23(25)19-33(20-26(34)35)27(36)22-7-9-24(29)10-8-22;3-2(4,5)1(6)7/h3-10,21H,11-20H2,1-2H3;(H,6,7)/q+1;/p-1. The van der Waals surface area contributed by atoms with Crippen molar-refractivity contribution >= 4 is 41.0 Å². The Balaban J connectivity index is 0.000000541. The van der Waals surface area contributed by atoms with Crippen LogP contribution in [0.2, 0.25) is 5.02 Å². The van der Waals surface area contributed by atoms with Gasteiger partial charge in [0.25, 0.3) is 5.91 Å². The first-order valence-electron chi connectivity index (χ1n) is 14.1. The predicted octanol–water partition coefficient (Wildman–Crippen LogP) is 2.67. The molecule has 3 heterocycles. The van der Waals surface area contributed by atoms with E-state index in [-0.39, 0.29) is 18.4 Å². The molecule has 0 atom stereocenters. The van der Waals surface area contributed by atoms with Crippen LogP contribution in [-0.2, 0) is 16.1 Å². The van der Waals surface area contributed by atoms with Crippen molar-refractivity contribution in [3.63, 3.8) is 0 Å². The second-order valence-electron chi connectivity index (χ2n) is 11.0. The number of hydrogen-bond donors (Lipinski definition) is 0. The second-order valence-corrected chi connectivity index (χ2v) is 11.4. The summed E-state index contributed by atoms with van der Waals surface area (Å²) in [6, 6.07) is 14.8. The smallest absolute Gasteiger partial charge is 0.430 e. The normalized spacial score (nSPS) is 17.9. The van der Waals surface area contributed by atoms with E-state index in [1.807, 2.05) is 29.2 Å². The van der Waals surface area contributed by atoms with Gasteiger partial charge < -0.3 is 19.7 Å². The SMILES string of the molecule is CN1CC[N+](C)=C1N1CCC(CCN2C(=O)CN(C(=O)c3ccc(Cl)cc3)Cc3ccccc32)CC1.O=C([O-])C(F)(F)F. The lowest BCUT2D eigenvalue weighted by molar-refractivity contribution is -0.491. The van der Waals surface area contributed by atoms with Crippen LogP contribution in [0, 0.1) is 5.92 Å². The van der Waals surface area contributed by atoms with Crippen LogP contribution < -0.4 is 10.0 Å². The average molecular weight is 622 g/mol. The third-order valence-corrected chi connectivity index (χ3v) is 8.24. The van der Waals surface area contributed by atoms with Crippen LogP contribution in [0.1, 0.15) is 35.2 Å². The maximum atomic E-state index is 13.4. The quantitative estimate of drug-likeness (QED) is 0.488. The highest BCUT2D eigenvalue weighted by Gasteiger charge is 2.35. The molecule has 232 valence electrons. The van der Waals surface area contributed by atoms with Crippen LogP contribution in [0.25, 0.3) is 0 Å². The fraction of sp³-hybridized carbons (Fsp3) is 0.467. The number of guanidine groups is 1. The van der Waals surface area contributed by atoms with Crippen molar-refractivity contribution in [1.29, 1.82) is 0 Å². The van der Waals surface area contributed by atoms with Gasteiger partial charge in [0.2, 0.25) is 5.91 Å². The number of carbonyl (C=O) groups is 3. The maximum Gasteiger partial charge on any atom is 0.430 e. The second kappa shape index (κ2) is 13.7. The van der Waals surface area contributed by atoms with E-state index >= 15 is 0 Å². The molecule has 0 saturated carbocycles. The molecule has 5 rings (SSSR count). The van der Waals surface area contributed by atoms with Gasteiger partial charge in [-0.1, -0.05) is 29.8 Å². The summed E-state index contributed by atoms with van der Waals surface area (Å²) in [5.74, 6) is -1.25. The van der Waals surface area contributed by atoms with Crippen molar-refractivity contribution in [2.75, 3.05) is 58.3 Å².